The average molecular weight is 447 g/mol. The van der Waals surface area contributed by atoms with Gasteiger partial charge in [0, 0.05) is 29.7 Å². The van der Waals surface area contributed by atoms with E-state index in [1.807, 2.05) is 16.8 Å². The van der Waals surface area contributed by atoms with Gasteiger partial charge in [-0.1, -0.05) is 12.8 Å². The largest absolute Gasteiger partial charge is 0.324 e. The summed E-state index contributed by atoms with van der Waals surface area (Å²) < 4.78 is 27.2. The zero-order chi connectivity index (χ0) is 21.0. The van der Waals surface area contributed by atoms with Crippen LogP contribution in [-0.4, -0.2) is 51.9 Å². The number of nitrogens with zero attached hydrogens (tertiary/aromatic N) is 5. The Morgan fingerprint density at radius 3 is 2.47 bits per heavy atom. The summed E-state index contributed by atoms with van der Waals surface area (Å²) in [5.41, 5.74) is 1.36. The van der Waals surface area contributed by atoms with Crippen molar-refractivity contribution in [2.24, 2.45) is 0 Å². The number of rotatable bonds is 6. The number of tetrazole rings is 1. The van der Waals surface area contributed by atoms with E-state index in [9.17, 15) is 13.2 Å². The van der Waals surface area contributed by atoms with Gasteiger partial charge in [-0.25, -0.2) is 8.42 Å². The van der Waals surface area contributed by atoms with Crippen LogP contribution in [0.5, 0.6) is 0 Å². The summed E-state index contributed by atoms with van der Waals surface area (Å²) in [6, 6.07) is 8.12. The molecule has 2 aromatic heterocycles. The molecular weight excluding hydrogens is 424 g/mol. The number of hydrogen-bond acceptors (Lipinski definition) is 7. The number of nitrogens with one attached hydrogen (secondary N) is 1. The maximum atomic E-state index is 12.8. The van der Waals surface area contributed by atoms with Gasteiger partial charge in [-0.2, -0.15) is 20.4 Å². The Kier molecular flexibility index (Phi) is 6.21. The molecule has 3 aromatic rings. The van der Waals surface area contributed by atoms with Crippen molar-refractivity contribution in [1.29, 1.82) is 0 Å². The van der Waals surface area contributed by atoms with E-state index in [0.29, 0.717) is 24.6 Å². The molecule has 0 unspecified atom stereocenters. The van der Waals surface area contributed by atoms with Crippen molar-refractivity contribution in [3.63, 3.8) is 0 Å². The molecule has 0 atom stereocenters. The lowest BCUT2D eigenvalue weighted by atomic mass is 10.2. The van der Waals surface area contributed by atoms with Crippen molar-refractivity contribution in [3.05, 3.63) is 41.1 Å². The van der Waals surface area contributed by atoms with Gasteiger partial charge in [-0.05, 0) is 53.8 Å². The summed E-state index contributed by atoms with van der Waals surface area (Å²) >= 11 is 1.53. The molecule has 11 heteroatoms. The second-order valence-corrected chi connectivity index (χ2v) is 9.76. The Morgan fingerprint density at radius 1 is 1.07 bits per heavy atom. The average Bonchev–Trinajstić information content (AvgIpc) is 3.34. The maximum Gasteiger partial charge on any atom is 0.248 e. The summed E-state index contributed by atoms with van der Waals surface area (Å²) in [4.78, 5) is 13.7. The summed E-state index contributed by atoms with van der Waals surface area (Å²) in [6.45, 7) is 1.02. The second-order valence-electron chi connectivity index (χ2n) is 7.05. The zero-order valence-electron chi connectivity index (χ0n) is 16.3. The molecule has 1 amide bonds. The third-order valence-corrected chi connectivity index (χ3v) is 7.45. The van der Waals surface area contributed by atoms with Gasteiger partial charge in [-0.3, -0.25) is 4.79 Å². The van der Waals surface area contributed by atoms with Crippen LogP contribution < -0.4 is 5.32 Å². The minimum absolute atomic E-state index is 0.0923. The number of thiophene rings is 1. The van der Waals surface area contributed by atoms with Crippen molar-refractivity contribution in [2.75, 3.05) is 18.4 Å². The summed E-state index contributed by atoms with van der Waals surface area (Å²) in [5, 5.41) is 18.6. The third kappa shape index (κ3) is 4.74. The first-order chi connectivity index (χ1) is 14.5. The van der Waals surface area contributed by atoms with Crippen molar-refractivity contribution >= 4 is 33.0 Å². The highest BCUT2D eigenvalue weighted by Crippen LogP contribution is 2.22. The molecule has 0 bridgehead atoms. The number of amides is 1. The van der Waals surface area contributed by atoms with Crippen molar-refractivity contribution in [3.8, 4) is 11.4 Å². The number of anilines is 1. The molecule has 1 aliphatic heterocycles. The Labute approximate surface area is 178 Å². The molecule has 3 heterocycles. The van der Waals surface area contributed by atoms with Crippen LogP contribution in [0.25, 0.3) is 11.4 Å². The van der Waals surface area contributed by atoms with E-state index in [-0.39, 0.29) is 17.3 Å². The smallest absolute Gasteiger partial charge is 0.248 e. The molecule has 9 nitrogen and oxygen atoms in total. The zero-order valence-corrected chi connectivity index (χ0v) is 17.9. The highest BCUT2D eigenvalue weighted by atomic mass is 32.2. The van der Waals surface area contributed by atoms with E-state index in [2.05, 4.69) is 20.7 Å². The Balaban J connectivity index is 1.38. The second kappa shape index (κ2) is 9.02. The molecule has 158 valence electrons. The molecule has 1 fully saturated rings. The minimum atomic E-state index is -3.51. The topological polar surface area (TPSA) is 110 Å². The quantitative estimate of drug-likeness (QED) is 0.623. The highest BCUT2D eigenvalue weighted by Gasteiger charge is 2.25. The van der Waals surface area contributed by atoms with Crippen molar-refractivity contribution < 1.29 is 13.2 Å². The number of sulfonamides is 1. The molecule has 0 aliphatic carbocycles. The first-order valence-electron chi connectivity index (χ1n) is 9.73. The number of carbonyl (C=O) groups is 1. The van der Waals surface area contributed by atoms with E-state index < -0.39 is 10.0 Å². The van der Waals surface area contributed by atoms with Gasteiger partial charge in [0.15, 0.2) is 0 Å². The molecule has 1 aromatic carbocycles. The van der Waals surface area contributed by atoms with Crippen LogP contribution in [-0.2, 0) is 21.4 Å². The summed E-state index contributed by atoms with van der Waals surface area (Å²) in [7, 11) is -3.51. The molecular formula is C19H22N6O3S2. The maximum absolute atomic E-state index is 12.8. The van der Waals surface area contributed by atoms with Gasteiger partial charge in [0.05, 0.1) is 4.90 Å². The molecule has 0 spiro atoms. The van der Waals surface area contributed by atoms with Gasteiger partial charge in [-0.15, -0.1) is 10.2 Å². The van der Waals surface area contributed by atoms with Crippen molar-refractivity contribution in [1.82, 2.24) is 24.5 Å². The fourth-order valence-corrected chi connectivity index (χ4v) is 5.44. The van der Waals surface area contributed by atoms with Crippen molar-refractivity contribution in [2.45, 2.75) is 37.1 Å². The van der Waals surface area contributed by atoms with Gasteiger partial charge >= 0.3 is 0 Å². The van der Waals surface area contributed by atoms with Gasteiger partial charge in [0.1, 0.15) is 6.54 Å². The molecule has 1 N–H and O–H groups in total. The summed E-state index contributed by atoms with van der Waals surface area (Å²) in [5.74, 6) is 0.138. The van der Waals surface area contributed by atoms with E-state index in [1.165, 1.54) is 28.3 Å². The van der Waals surface area contributed by atoms with Crippen LogP contribution in [0, 0.1) is 0 Å². The first-order valence-corrected chi connectivity index (χ1v) is 12.1. The Bertz CT molecular complexity index is 1090. The molecule has 0 saturated carbocycles. The number of aromatic nitrogens is 4. The molecule has 30 heavy (non-hydrogen) atoms. The van der Waals surface area contributed by atoms with E-state index in [1.54, 1.807) is 16.4 Å². The lowest BCUT2D eigenvalue weighted by molar-refractivity contribution is -0.117. The van der Waals surface area contributed by atoms with Crippen LogP contribution in [0.2, 0.25) is 0 Å². The minimum Gasteiger partial charge on any atom is -0.324 e. The van der Waals surface area contributed by atoms with Crippen LogP contribution in [0.4, 0.5) is 5.69 Å². The van der Waals surface area contributed by atoms with Gasteiger partial charge in [0.2, 0.25) is 21.8 Å². The van der Waals surface area contributed by atoms with E-state index >= 15 is 0 Å². The van der Waals surface area contributed by atoms with Gasteiger partial charge in [0.25, 0.3) is 0 Å². The monoisotopic (exact) mass is 446 g/mol. The first kappa shape index (κ1) is 20.6. The molecule has 1 aliphatic rings. The van der Waals surface area contributed by atoms with Gasteiger partial charge < -0.3 is 5.32 Å². The number of hydrogen-bond donors (Lipinski definition) is 1. The van der Waals surface area contributed by atoms with E-state index in [0.717, 1.165) is 31.2 Å². The molecule has 0 radical (unpaired) electrons. The lowest BCUT2D eigenvalue weighted by Crippen LogP contribution is -2.31. The summed E-state index contributed by atoms with van der Waals surface area (Å²) in [6.07, 6.45) is 3.90. The Hall–Kier alpha value is -2.63. The standard InChI is InChI=1S/C19H22N6O3S2/c26-18(13-25-22-19(21-23-25)15-9-12-29-14-15)20-16-5-7-17(8-6-16)30(27,28)24-10-3-1-2-4-11-24/h5-9,12,14H,1-4,10-11,13H2,(H,20,26). The fourth-order valence-electron chi connectivity index (χ4n) is 3.29. The fraction of sp³-hybridized carbons (Fsp3) is 0.368. The predicted octanol–water partition coefficient (Wildman–Crippen LogP) is 2.61. The van der Waals surface area contributed by atoms with Crippen LogP contribution in [0.1, 0.15) is 25.7 Å². The lowest BCUT2D eigenvalue weighted by Gasteiger charge is -2.20. The SMILES string of the molecule is O=C(Cn1nnc(-c2ccsc2)n1)Nc1ccc(S(=O)(=O)N2CCCCCC2)cc1. The number of benzene rings is 1. The third-order valence-electron chi connectivity index (χ3n) is 4.86. The highest BCUT2D eigenvalue weighted by molar-refractivity contribution is 7.89. The van der Waals surface area contributed by atoms with E-state index in [4.69, 9.17) is 0 Å². The van der Waals surface area contributed by atoms with Crippen LogP contribution in [0.15, 0.2) is 46.0 Å². The predicted molar refractivity (Wildman–Crippen MR) is 113 cm³/mol. The van der Waals surface area contributed by atoms with Crippen LogP contribution in [0.3, 0.4) is 0 Å². The normalized spacial score (nSPS) is 15.6. The number of carbonyl (C=O) groups excluding carboxylic acids is 1. The van der Waals surface area contributed by atoms with Crippen LogP contribution >= 0.6 is 11.3 Å². The Morgan fingerprint density at radius 2 is 1.80 bits per heavy atom. The molecule has 4 rings (SSSR count). The molecule has 1 saturated heterocycles.